The van der Waals surface area contributed by atoms with Crippen molar-refractivity contribution in [2.45, 2.75) is 64.5 Å². The highest BCUT2D eigenvalue weighted by Gasteiger charge is 2.30. The van der Waals surface area contributed by atoms with E-state index in [1.807, 2.05) is 13.8 Å². The molecular formula is C16H25N3O3. The molecular weight excluding hydrogens is 282 g/mol. The summed E-state index contributed by atoms with van der Waals surface area (Å²) in [5.41, 5.74) is 0.347. The highest BCUT2D eigenvalue weighted by Crippen LogP contribution is 2.23. The summed E-state index contributed by atoms with van der Waals surface area (Å²) in [5, 5.41) is 16.6. The van der Waals surface area contributed by atoms with Crippen molar-refractivity contribution in [2.24, 2.45) is 5.92 Å². The number of rotatable bonds is 4. The van der Waals surface area contributed by atoms with Crippen molar-refractivity contribution in [2.75, 3.05) is 0 Å². The van der Waals surface area contributed by atoms with Gasteiger partial charge >= 0.3 is 5.97 Å². The minimum Gasteiger partial charge on any atom is -0.481 e. The summed E-state index contributed by atoms with van der Waals surface area (Å²) in [5.74, 6) is -1.60. The molecule has 1 aliphatic carbocycles. The number of amides is 1. The van der Waals surface area contributed by atoms with Crippen LogP contribution in [0.15, 0.2) is 12.3 Å². The number of carbonyl (C=O) groups is 2. The van der Waals surface area contributed by atoms with Crippen molar-refractivity contribution in [3.63, 3.8) is 0 Å². The summed E-state index contributed by atoms with van der Waals surface area (Å²) in [7, 11) is 0. The van der Waals surface area contributed by atoms with Crippen LogP contribution < -0.4 is 5.32 Å². The Bertz CT molecular complexity index is 524. The van der Waals surface area contributed by atoms with Crippen molar-refractivity contribution < 1.29 is 14.7 Å². The van der Waals surface area contributed by atoms with E-state index < -0.39 is 11.9 Å². The van der Waals surface area contributed by atoms with Gasteiger partial charge in [-0.15, -0.1) is 0 Å². The number of carboxylic acid groups (broad SMARTS) is 1. The van der Waals surface area contributed by atoms with Gasteiger partial charge in [0.15, 0.2) is 0 Å². The summed E-state index contributed by atoms with van der Waals surface area (Å²) in [4.78, 5) is 23.8. The van der Waals surface area contributed by atoms with Crippen LogP contribution in [0.3, 0.4) is 0 Å². The molecule has 0 radical (unpaired) electrons. The lowest BCUT2D eigenvalue weighted by Crippen LogP contribution is -2.44. The Hall–Kier alpha value is -1.85. The standard InChI is InChI=1S/C16H25N3O3/c1-11(2)19-10-9-14(18-19)15(20)17-13-8-6-4-3-5-7-12(13)16(21)22/h9-13H,3-8H2,1-2H3,(H,17,20)(H,21,22). The molecule has 1 heterocycles. The topological polar surface area (TPSA) is 84.2 Å². The number of aromatic nitrogens is 2. The second-order valence-corrected chi connectivity index (χ2v) is 6.29. The van der Waals surface area contributed by atoms with Gasteiger partial charge in [0.2, 0.25) is 0 Å². The van der Waals surface area contributed by atoms with Crippen molar-refractivity contribution in [1.82, 2.24) is 15.1 Å². The summed E-state index contributed by atoms with van der Waals surface area (Å²) in [6.07, 6.45) is 7.14. The third kappa shape index (κ3) is 4.08. The van der Waals surface area contributed by atoms with Crippen LogP contribution in [0.25, 0.3) is 0 Å². The van der Waals surface area contributed by atoms with Crippen LogP contribution in [0.4, 0.5) is 0 Å². The molecule has 0 bridgehead atoms. The van der Waals surface area contributed by atoms with Crippen molar-refractivity contribution in [1.29, 1.82) is 0 Å². The molecule has 1 aromatic rings. The number of aliphatic carboxylic acids is 1. The third-order valence-corrected chi connectivity index (χ3v) is 4.27. The molecule has 2 rings (SSSR count). The first-order chi connectivity index (χ1) is 10.5. The van der Waals surface area contributed by atoms with Crippen LogP contribution in [-0.2, 0) is 4.79 Å². The third-order valence-electron chi connectivity index (χ3n) is 4.27. The zero-order chi connectivity index (χ0) is 16.1. The molecule has 0 aliphatic heterocycles. The maximum Gasteiger partial charge on any atom is 0.308 e. The summed E-state index contributed by atoms with van der Waals surface area (Å²) >= 11 is 0. The van der Waals surface area contributed by atoms with Gasteiger partial charge in [-0.3, -0.25) is 14.3 Å². The van der Waals surface area contributed by atoms with E-state index in [0.717, 1.165) is 25.7 Å². The number of carboxylic acids is 1. The fourth-order valence-corrected chi connectivity index (χ4v) is 2.94. The Morgan fingerprint density at radius 3 is 2.55 bits per heavy atom. The zero-order valence-electron chi connectivity index (χ0n) is 13.3. The molecule has 1 saturated carbocycles. The van der Waals surface area contributed by atoms with E-state index >= 15 is 0 Å². The van der Waals surface area contributed by atoms with Gasteiger partial charge in [-0.25, -0.2) is 0 Å². The van der Waals surface area contributed by atoms with E-state index in [1.54, 1.807) is 16.9 Å². The average molecular weight is 307 g/mol. The van der Waals surface area contributed by atoms with E-state index in [1.165, 1.54) is 0 Å². The predicted octanol–water partition coefficient (Wildman–Crippen LogP) is 2.62. The van der Waals surface area contributed by atoms with E-state index in [4.69, 9.17) is 0 Å². The minimum absolute atomic E-state index is 0.190. The Balaban J connectivity index is 2.06. The van der Waals surface area contributed by atoms with Crippen LogP contribution in [0.1, 0.15) is 68.9 Å². The molecule has 6 heteroatoms. The van der Waals surface area contributed by atoms with Gasteiger partial charge in [0, 0.05) is 18.3 Å². The van der Waals surface area contributed by atoms with Crippen LogP contribution in [0.2, 0.25) is 0 Å². The van der Waals surface area contributed by atoms with Crippen LogP contribution >= 0.6 is 0 Å². The monoisotopic (exact) mass is 307 g/mol. The molecule has 22 heavy (non-hydrogen) atoms. The van der Waals surface area contributed by atoms with Crippen molar-refractivity contribution >= 4 is 11.9 Å². The first kappa shape index (κ1) is 16.5. The highest BCUT2D eigenvalue weighted by atomic mass is 16.4. The lowest BCUT2D eigenvalue weighted by molar-refractivity contribution is -0.143. The largest absolute Gasteiger partial charge is 0.481 e. The van der Waals surface area contributed by atoms with Gasteiger partial charge in [0.25, 0.3) is 5.91 Å². The second kappa shape index (κ2) is 7.42. The van der Waals surface area contributed by atoms with Crippen LogP contribution in [-0.4, -0.2) is 32.8 Å². The van der Waals surface area contributed by atoms with Crippen LogP contribution in [0, 0.1) is 5.92 Å². The average Bonchev–Trinajstić information content (AvgIpc) is 2.91. The smallest absolute Gasteiger partial charge is 0.308 e. The molecule has 2 atom stereocenters. The number of nitrogens with one attached hydrogen (secondary N) is 1. The fraction of sp³-hybridized carbons (Fsp3) is 0.688. The van der Waals surface area contributed by atoms with Gasteiger partial charge in [-0.05, 0) is 32.8 Å². The summed E-state index contributed by atoms with van der Waals surface area (Å²) < 4.78 is 1.72. The Labute approximate surface area is 130 Å². The molecule has 2 N–H and O–H groups in total. The fourth-order valence-electron chi connectivity index (χ4n) is 2.94. The van der Waals surface area contributed by atoms with E-state index in [2.05, 4.69) is 10.4 Å². The van der Waals surface area contributed by atoms with Crippen molar-refractivity contribution in [3.8, 4) is 0 Å². The molecule has 122 valence electrons. The summed E-state index contributed by atoms with van der Waals surface area (Å²) in [6.45, 7) is 3.98. The van der Waals surface area contributed by atoms with E-state index in [-0.39, 0.29) is 18.0 Å². The molecule has 0 spiro atoms. The minimum atomic E-state index is -0.820. The van der Waals surface area contributed by atoms with Gasteiger partial charge in [-0.2, -0.15) is 5.10 Å². The first-order valence-electron chi connectivity index (χ1n) is 8.08. The number of carbonyl (C=O) groups excluding carboxylic acids is 1. The second-order valence-electron chi connectivity index (χ2n) is 6.29. The number of hydrogen-bond acceptors (Lipinski definition) is 3. The Kier molecular flexibility index (Phi) is 5.57. The van der Waals surface area contributed by atoms with E-state index in [9.17, 15) is 14.7 Å². The SMILES string of the molecule is CC(C)n1ccc(C(=O)NC2CCCCCCC2C(=O)O)n1. The van der Waals surface area contributed by atoms with E-state index in [0.29, 0.717) is 18.5 Å². The van der Waals surface area contributed by atoms with Crippen molar-refractivity contribution in [3.05, 3.63) is 18.0 Å². The molecule has 6 nitrogen and oxygen atoms in total. The normalized spacial score (nSPS) is 22.9. The van der Waals surface area contributed by atoms with Gasteiger partial charge in [-0.1, -0.05) is 25.7 Å². The Morgan fingerprint density at radius 2 is 1.95 bits per heavy atom. The van der Waals surface area contributed by atoms with Gasteiger partial charge in [0.1, 0.15) is 5.69 Å². The maximum atomic E-state index is 12.3. The number of nitrogens with zero attached hydrogens (tertiary/aromatic N) is 2. The zero-order valence-corrected chi connectivity index (χ0v) is 13.3. The van der Waals surface area contributed by atoms with Gasteiger partial charge < -0.3 is 10.4 Å². The molecule has 1 aromatic heterocycles. The first-order valence-corrected chi connectivity index (χ1v) is 8.08. The summed E-state index contributed by atoms with van der Waals surface area (Å²) in [6, 6.07) is 1.55. The molecule has 0 aromatic carbocycles. The molecule has 1 amide bonds. The highest BCUT2D eigenvalue weighted by molar-refractivity contribution is 5.92. The quantitative estimate of drug-likeness (QED) is 0.895. The number of hydrogen-bond donors (Lipinski definition) is 2. The molecule has 0 saturated heterocycles. The molecule has 1 aliphatic rings. The molecule has 1 fully saturated rings. The van der Waals surface area contributed by atoms with Crippen LogP contribution in [0.5, 0.6) is 0 Å². The lowest BCUT2D eigenvalue weighted by atomic mass is 9.86. The maximum absolute atomic E-state index is 12.3. The predicted molar refractivity (Wildman–Crippen MR) is 82.7 cm³/mol. The molecule has 2 unspecified atom stereocenters. The Morgan fingerprint density at radius 1 is 1.27 bits per heavy atom. The lowest BCUT2D eigenvalue weighted by Gasteiger charge is -2.26. The van der Waals surface area contributed by atoms with Gasteiger partial charge in [0.05, 0.1) is 5.92 Å².